The zero-order valence-corrected chi connectivity index (χ0v) is 8.44. The molecule has 0 aromatic heterocycles. The van der Waals surface area contributed by atoms with Gasteiger partial charge in [0.25, 0.3) is 0 Å². The Morgan fingerprint density at radius 1 is 1.43 bits per heavy atom. The van der Waals surface area contributed by atoms with Crippen LogP contribution >= 0.6 is 0 Å². The molecule has 2 heterocycles. The van der Waals surface area contributed by atoms with Gasteiger partial charge in [-0.05, 0) is 32.1 Å². The highest BCUT2D eigenvalue weighted by molar-refractivity contribution is 5.66. The van der Waals surface area contributed by atoms with Crippen molar-refractivity contribution in [3.8, 4) is 0 Å². The molecule has 2 fully saturated rings. The van der Waals surface area contributed by atoms with Crippen molar-refractivity contribution in [3.63, 3.8) is 0 Å². The van der Waals surface area contributed by atoms with Gasteiger partial charge < -0.3 is 15.1 Å². The lowest BCUT2D eigenvalue weighted by Crippen LogP contribution is -2.52. The van der Waals surface area contributed by atoms with E-state index in [1.165, 1.54) is 0 Å². The van der Waals surface area contributed by atoms with Gasteiger partial charge in [-0.3, -0.25) is 0 Å². The van der Waals surface area contributed by atoms with Gasteiger partial charge in [0.05, 0.1) is 5.60 Å². The van der Waals surface area contributed by atoms with Crippen LogP contribution in [0.1, 0.15) is 39.0 Å². The fraction of sp³-hybridized carbons (Fsp3) is 0.900. The van der Waals surface area contributed by atoms with Gasteiger partial charge in [0.15, 0.2) is 0 Å². The third-order valence-corrected chi connectivity index (χ3v) is 3.73. The molecule has 0 aromatic rings. The van der Waals surface area contributed by atoms with Crippen molar-refractivity contribution >= 4 is 6.09 Å². The lowest BCUT2D eigenvalue weighted by molar-refractivity contribution is -0.0466. The predicted molar refractivity (Wildman–Crippen MR) is 51.1 cm³/mol. The Morgan fingerprint density at radius 3 is 2.29 bits per heavy atom. The average Bonchev–Trinajstić information content (AvgIpc) is 2.40. The predicted octanol–water partition coefficient (Wildman–Crippen LogP) is 1.43. The zero-order chi connectivity index (χ0) is 10.3. The molecule has 2 atom stereocenters. The largest absolute Gasteiger partial charge is 0.465 e. The molecule has 0 spiro atoms. The van der Waals surface area contributed by atoms with E-state index in [0.29, 0.717) is 12.8 Å². The third kappa shape index (κ3) is 1.38. The first-order valence-corrected chi connectivity index (χ1v) is 5.29. The molecular weight excluding hydrogens is 182 g/mol. The highest BCUT2D eigenvalue weighted by atomic mass is 16.4. The van der Waals surface area contributed by atoms with Crippen LogP contribution in [0.5, 0.6) is 0 Å². The summed E-state index contributed by atoms with van der Waals surface area (Å²) in [6, 6.07) is 0.104. The lowest BCUT2D eigenvalue weighted by atomic mass is 9.84. The normalized spacial score (nSPS) is 41.4. The van der Waals surface area contributed by atoms with Gasteiger partial charge in [0.2, 0.25) is 0 Å². The first-order chi connectivity index (χ1) is 6.56. The number of rotatable bonds is 1. The Hall–Kier alpha value is -0.770. The summed E-state index contributed by atoms with van der Waals surface area (Å²) in [6.07, 6.45) is 2.97. The van der Waals surface area contributed by atoms with E-state index in [4.69, 9.17) is 5.11 Å². The molecule has 4 heteroatoms. The molecule has 2 aliphatic rings. The maximum absolute atomic E-state index is 11.0. The molecule has 2 N–H and O–H groups in total. The standard InChI is InChI=1S/C10H17NO3/c1-2-10(14)5-7-3-4-8(6-10)11(7)9(12)13/h7-8,14H,2-6H2,1H3,(H,12,13). The van der Waals surface area contributed by atoms with Gasteiger partial charge in [0.1, 0.15) is 0 Å². The van der Waals surface area contributed by atoms with Crippen molar-refractivity contribution in [2.75, 3.05) is 0 Å². The number of carboxylic acid groups (broad SMARTS) is 1. The van der Waals surface area contributed by atoms with Gasteiger partial charge >= 0.3 is 6.09 Å². The van der Waals surface area contributed by atoms with E-state index in [9.17, 15) is 9.90 Å². The lowest BCUT2D eigenvalue weighted by Gasteiger charge is -2.42. The number of nitrogens with zero attached hydrogens (tertiary/aromatic N) is 1. The van der Waals surface area contributed by atoms with Gasteiger partial charge in [0, 0.05) is 12.1 Å². The molecule has 1 amide bonds. The topological polar surface area (TPSA) is 60.8 Å². The van der Waals surface area contributed by atoms with E-state index in [2.05, 4.69) is 0 Å². The van der Waals surface area contributed by atoms with Crippen LogP contribution in [0.3, 0.4) is 0 Å². The molecule has 0 aromatic carbocycles. The number of fused-ring (bicyclic) bond motifs is 2. The van der Waals surface area contributed by atoms with Crippen molar-refractivity contribution < 1.29 is 15.0 Å². The summed E-state index contributed by atoms with van der Waals surface area (Å²) >= 11 is 0. The van der Waals surface area contributed by atoms with Gasteiger partial charge in [-0.1, -0.05) is 6.92 Å². The van der Waals surface area contributed by atoms with E-state index in [1.807, 2.05) is 6.92 Å². The van der Waals surface area contributed by atoms with E-state index in [-0.39, 0.29) is 12.1 Å². The Labute approximate surface area is 83.5 Å². The summed E-state index contributed by atoms with van der Waals surface area (Å²) in [5.41, 5.74) is -0.613. The van der Waals surface area contributed by atoms with Crippen molar-refractivity contribution in [3.05, 3.63) is 0 Å². The first-order valence-electron chi connectivity index (χ1n) is 5.29. The fourth-order valence-corrected chi connectivity index (χ4v) is 2.92. The van der Waals surface area contributed by atoms with Gasteiger partial charge in [-0.2, -0.15) is 0 Å². The number of hydrogen-bond acceptors (Lipinski definition) is 2. The highest BCUT2D eigenvalue weighted by Gasteiger charge is 2.48. The highest BCUT2D eigenvalue weighted by Crippen LogP contribution is 2.41. The molecule has 80 valence electrons. The maximum Gasteiger partial charge on any atom is 0.407 e. The van der Waals surface area contributed by atoms with Crippen molar-refractivity contribution in [2.45, 2.75) is 56.7 Å². The van der Waals surface area contributed by atoms with Crippen LogP contribution in [0.25, 0.3) is 0 Å². The summed E-state index contributed by atoms with van der Waals surface area (Å²) in [5.74, 6) is 0. The molecule has 14 heavy (non-hydrogen) atoms. The summed E-state index contributed by atoms with van der Waals surface area (Å²) in [5, 5.41) is 19.1. The fourth-order valence-electron chi connectivity index (χ4n) is 2.92. The smallest absolute Gasteiger partial charge is 0.407 e. The monoisotopic (exact) mass is 199 g/mol. The molecule has 2 aliphatic heterocycles. The second-order valence-electron chi connectivity index (χ2n) is 4.56. The molecule has 0 aliphatic carbocycles. The van der Waals surface area contributed by atoms with Crippen LogP contribution in [0.4, 0.5) is 4.79 Å². The summed E-state index contributed by atoms with van der Waals surface area (Å²) in [7, 11) is 0. The molecule has 2 bridgehead atoms. The number of carbonyl (C=O) groups is 1. The summed E-state index contributed by atoms with van der Waals surface area (Å²) < 4.78 is 0. The minimum atomic E-state index is -0.823. The molecule has 0 radical (unpaired) electrons. The summed E-state index contributed by atoms with van der Waals surface area (Å²) in [6.45, 7) is 1.97. The maximum atomic E-state index is 11.0. The number of hydrogen-bond donors (Lipinski definition) is 2. The van der Waals surface area contributed by atoms with Crippen LogP contribution in [-0.2, 0) is 0 Å². The van der Waals surface area contributed by atoms with Crippen LogP contribution in [0, 0.1) is 0 Å². The van der Waals surface area contributed by atoms with Crippen molar-refractivity contribution in [1.82, 2.24) is 4.90 Å². The van der Waals surface area contributed by atoms with E-state index in [0.717, 1.165) is 19.3 Å². The van der Waals surface area contributed by atoms with E-state index in [1.54, 1.807) is 4.90 Å². The van der Waals surface area contributed by atoms with E-state index >= 15 is 0 Å². The van der Waals surface area contributed by atoms with Gasteiger partial charge in [-0.25, -0.2) is 4.79 Å². The van der Waals surface area contributed by atoms with Gasteiger partial charge in [-0.15, -0.1) is 0 Å². The Bertz CT molecular complexity index is 240. The van der Waals surface area contributed by atoms with Crippen LogP contribution in [0.15, 0.2) is 0 Å². The second-order valence-corrected chi connectivity index (χ2v) is 4.56. The number of aliphatic hydroxyl groups is 1. The first kappa shape index (κ1) is 9.77. The molecular formula is C10H17NO3. The van der Waals surface area contributed by atoms with E-state index < -0.39 is 11.7 Å². The quantitative estimate of drug-likeness (QED) is 0.671. The third-order valence-electron chi connectivity index (χ3n) is 3.73. The summed E-state index contributed by atoms with van der Waals surface area (Å²) in [4.78, 5) is 12.5. The Morgan fingerprint density at radius 2 is 1.93 bits per heavy atom. The minimum Gasteiger partial charge on any atom is -0.465 e. The molecule has 2 unspecified atom stereocenters. The van der Waals surface area contributed by atoms with Crippen LogP contribution < -0.4 is 0 Å². The number of amides is 1. The van der Waals surface area contributed by atoms with Crippen molar-refractivity contribution in [1.29, 1.82) is 0 Å². The Kier molecular flexibility index (Phi) is 2.18. The molecule has 0 saturated carbocycles. The molecule has 2 rings (SSSR count). The Balaban J connectivity index is 2.16. The van der Waals surface area contributed by atoms with Crippen LogP contribution in [0.2, 0.25) is 0 Å². The minimum absolute atomic E-state index is 0.0520. The zero-order valence-electron chi connectivity index (χ0n) is 8.44. The van der Waals surface area contributed by atoms with Crippen LogP contribution in [-0.4, -0.2) is 38.9 Å². The average molecular weight is 199 g/mol. The van der Waals surface area contributed by atoms with Crippen molar-refractivity contribution in [2.24, 2.45) is 0 Å². The second kappa shape index (κ2) is 3.12. The number of piperidine rings is 1. The molecule has 4 nitrogen and oxygen atoms in total. The molecule has 2 saturated heterocycles. The SMILES string of the molecule is CCC1(O)CC2CCC(C1)N2C(=O)O.